The van der Waals surface area contributed by atoms with Crippen molar-refractivity contribution in [3.05, 3.63) is 35.4 Å². The standard InChI is InChI=1S/C19H29NO/c1-2-11-20-19(13-15-10-12-21-14-15)18-8-6-17(7-9-18)16-4-3-5-16/h6-9,15-16,19-20H,2-5,10-14H2,1H3. The quantitative estimate of drug-likeness (QED) is 0.801. The number of ether oxygens (including phenoxy) is 1. The smallest absolute Gasteiger partial charge is 0.0495 e. The summed E-state index contributed by atoms with van der Waals surface area (Å²) >= 11 is 0. The Bertz CT molecular complexity index is 418. The molecule has 0 spiro atoms. The minimum atomic E-state index is 0.493. The van der Waals surface area contributed by atoms with Gasteiger partial charge in [-0.05, 0) is 61.6 Å². The highest BCUT2D eigenvalue weighted by Crippen LogP contribution is 2.37. The van der Waals surface area contributed by atoms with E-state index in [0.29, 0.717) is 6.04 Å². The molecule has 116 valence electrons. The highest BCUT2D eigenvalue weighted by atomic mass is 16.5. The third-order valence-corrected chi connectivity index (χ3v) is 5.15. The van der Waals surface area contributed by atoms with Crippen LogP contribution in [0.3, 0.4) is 0 Å². The van der Waals surface area contributed by atoms with Crippen molar-refractivity contribution in [2.45, 2.75) is 57.4 Å². The van der Waals surface area contributed by atoms with Gasteiger partial charge in [0.15, 0.2) is 0 Å². The summed E-state index contributed by atoms with van der Waals surface area (Å²) < 4.78 is 5.54. The molecule has 2 atom stereocenters. The molecular formula is C19H29NO. The van der Waals surface area contributed by atoms with Crippen molar-refractivity contribution in [1.29, 1.82) is 0 Å². The third-order valence-electron chi connectivity index (χ3n) is 5.15. The van der Waals surface area contributed by atoms with Gasteiger partial charge in [0.25, 0.3) is 0 Å². The van der Waals surface area contributed by atoms with E-state index in [2.05, 4.69) is 36.5 Å². The van der Waals surface area contributed by atoms with Gasteiger partial charge in [0.1, 0.15) is 0 Å². The summed E-state index contributed by atoms with van der Waals surface area (Å²) in [6.07, 6.45) is 7.81. The molecule has 0 amide bonds. The van der Waals surface area contributed by atoms with Gasteiger partial charge in [0, 0.05) is 19.3 Å². The number of benzene rings is 1. The molecule has 1 saturated carbocycles. The third kappa shape index (κ3) is 3.87. The predicted molar refractivity (Wildman–Crippen MR) is 87.6 cm³/mol. The molecule has 2 heteroatoms. The molecule has 1 heterocycles. The maximum Gasteiger partial charge on any atom is 0.0495 e. The first kappa shape index (κ1) is 15.1. The average molecular weight is 287 g/mol. The molecule has 1 N–H and O–H groups in total. The van der Waals surface area contributed by atoms with Gasteiger partial charge in [-0.3, -0.25) is 0 Å². The molecule has 2 aliphatic rings. The lowest BCUT2D eigenvalue weighted by Gasteiger charge is -2.27. The van der Waals surface area contributed by atoms with E-state index in [1.165, 1.54) is 44.1 Å². The summed E-state index contributed by atoms with van der Waals surface area (Å²) in [4.78, 5) is 0. The summed E-state index contributed by atoms with van der Waals surface area (Å²) in [5.41, 5.74) is 3.00. The van der Waals surface area contributed by atoms with Gasteiger partial charge in [-0.1, -0.05) is 37.6 Å². The van der Waals surface area contributed by atoms with E-state index in [1.54, 1.807) is 5.56 Å². The Morgan fingerprint density at radius 2 is 2.00 bits per heavy atom. The lowest BCUT2D eigenvalue weighted by molar-refractivity contribution is 0.181. The molecule has 1 aromatic carbocycles. The molecule has 2 unspecified atom stereocenters. The second kappa shape index (κ2) is 7.42. The molecule has 1 aliphatic heterocycles. The topological polar surface area (TPSA) is 21.3 Å². The van der Waals surface area contributed by atoms with Crippen LogP contribution < -0.4 is 5.32 Å². The lowest BCUT2D eigenvalue weighted by Crippen LogP contribution is -2.25. The minimum Gasteiger partial charge on any atom is -0.381 e. The number of rotatable bonds is 7. The maximum atomic E-state index is 5.54. The van der Waals surface area contributed by atoms with Crippen LogP contribution in [0.15, 0.2) is 24.3 Å². The van der Waals surface area contributed by atoms with E-state index >= 15 is 0 Å². The van der Waals surface area contributed by atoms with E-state index in [4.69, 9.17) is 4.74 Å². The Morgan fingerprint density at radius 3 is 2.57 bits per heavy atom. The normalized spacial score (nSPS) is 24.0. The second-order valence-electron chi connectivity index (χ2n) is 6.77. The van der Waals surface area contributed by atoms with Crippen LogP contribution in [0.2, 0.25) is 0 Å². The van der Waals surface area contributed by atoms with Gasteiger partial charge < -0.3 is 10.1 Å². The van der Waals surface area contributed by atoms with Crippen molar-refractivity contribution in [1.82, 2.24) is 5.32 Å². The average Bonchev–Trinajstić information content (AvgIpc) is 2.95. The Kier molecular flexibility index (Phi) is 5.32. The largest absolute Gasteiger partial charge is 0.381 e. The van der Waals surface area contributed by atoms with Crippen molar-refractivity contribution in [3.63, 3.8) is 0 Å². The lowest BCUT2D eigenvalue weighted by atomic mass is 9.79. The van der Waals surface area contributed by atoms with E-state index in [1.807, 2.05) is 0 Å². The van der Waals surface area contributed by atoms with Crippen LogP contribution in [0.25, 0.3) is 0 Å². The minimum absolute atomic E-state index is 0.493. The fourth-order valence-electron chi connectivity index (χ4n) is 3.50. The number of nitrogens with one attached hydrogen (secondary N) is 1. The number of hydrogen-bond donors (Lipinski definition) is 1. The van der Waals surface area contributed by atoms with Crippen LogP contribution in [0, 0.1) is 5.92 Å². The molecule has 1 aromatic rings. The zero-order valence-electron chi connectivity index (χ0n) is 13.3. The van der Waals surface area contributed by atoms with Gasteiger partial charge in [-0.25, -0.2) is 0 Å². The predicted octanol–water partition coefficient (Wildman–Crippen LogP) is 4.42. The Labute approximate surface area is 129 Å². The molecule has 0 bridgehead atoms. The summed E-state index contributed by atoms with van der Waals surface area (Å²) in [5, 5.41) is 3.73. The first-order valence-electron chi connectivity index (χ1n) is 8.77. The molecule has 2 nitrogen and oxygen atoms in total. The van der Waals surface area contributed by atoms with Gasteiger partial charge in [-0.15, -0.1) is 0 Å². The molecule has 1 saturated heterocycles. The van der Waals surface area contributed by atoms with Crippen molar-refractivity contribution in [2.24, 2.45) is 5.92 Å². The van der Waals surface area contributed by atoms with Crippen molar-refractivity contribution in [3.8, 4) is 0 Å². The van der Waals surface area contributed by atoms with Crippen LogP contribution in [-0.2, 0) is 4.74 Å². The van der Waals surface area contributed by atoms with E-state index < -0.39 is 0 Å². The monoisotopic (exact) mass is 287 g/mol. The fraction of sp³-hybridized carbons (Fsp3) is 0.684. The van der Waals surface area contributed by atoms with Crippen LogP contribution in [0.4, 0.5) is 0 Å². The van der Waals surface area contributed by atoms with Crippen molar-refractivity contribution in [2.75, 3.05) is 19.8 Å². The van der Waals surface area contributed by atoms with Gasteiger partial charge >= 0.3 is 0 Å². The first-order chi connectivity index (χ1) is 10.4. The summed E-state index contributed by atoms with van der Waals surface area (Å²) in [5.74, 6) is 1.56. The van der Waals surface area contributed by atoms with Crippen LogP contribution >= 0.6 is 0 Å². The second-order valence-corrected chi connectivity index (χ2v) is 6.77. The summed E-state index contributed by atoms with van der Waals surface area (Å²) in [6.45, 7) is 5.24. The van der Waals surface area contributed by atoms with Gasteiger partial charge in [0.05, 0.1) is 0 Å². The molecule has 3 rings (SSSR count). The summed E-state index contributed by atoms with van der Waals surface area (Å²) in [6, 6.07) is 9.94. The molecular weight excluding hydrogens is 258 g/mol. The maximum absolute atomic E-state index is 5.54. The van der Waals surface area contributed by atoms with Gasteiger partial charge in [0.2, 0.25) is 0 Å². The molecule has 0 radical (unpaired) electrons. The Balaban J connectivity index is 1.65. The van der Waals surface area contributed by atoms with Crippen molar-refractivity contribution >= 4 is 0 Å². The van der Waals surface area contributed by atoms with Crippen molar-refractivity contribution < 1.29 is 4.74 Å². The SMILES string of the molecule is CCCNC(CC1CCOC1)c1ccc(C2CCC2)cc1. The molecule has 1 aliphatic carbocycles. The van der Waals surface area contributed by atoms with E-state index in [-0.39, 0.29) is 0 Å². The molecule has 2 fully saturated rings. The Hall–Kier alpha value is -0.860. The van der Waals surface area contributed by atoms with E-state index in [0.717, 1.165) is 31.6 Å². The van der Waals surface area contributed by atoms with E-state index in [9.17, 15) is 0 Å². The van der Waals surface area contributed by atoms with Gasteiger partial charge in [-0.2, -0.15) is 0 Å². The zero-order chi connectivity index (χ0) is 14.5. The molecule has 21 heavy (non-hydrogen) atoms. The fourth-order valence-corrected chi connectivity index (χ4v) is 3.50. The highest BCUT2D eigenvalue weighted by Gasteiger charge is 2.23. The Morgan fingerprint density at radius 1 is 1.19 bits per heavy atom. The van der Waals surface area contributed by atoms with Crippen LogP contribution in [-0.4, -0.2) is 19.8 Å². The number of hydrogen-bond acceptors (Lipinski definition) is 2. The zero-order valence-corrected chi connectivity index (χ0v) is 13.3. The van der Waals surface area contributed by atoms with Crippen LogP contribution in [0.5, 0.6) is 0 Å². The molecule has 0 aromatic heterocycles. The first-order valence-corrected chi connectivity index (χ1v) is 8.77. The highest BCUT2D eigenvalue weighted by molar-refractivity contribution is 5.28. The van der Waals surface area contributed by atoms with Crippen LogP contribution in [0.1, 0.15) is 68.5 Å². The summed E-state index contributed by atoms with van der Waals surface area (Å²) in [7, 11) is 0.